The highest BCUT2D eigenvalue weighted by molar-refractivity contribution is 6.30. The second-order valence-electron chi connectivity index (χ2n) is 4.45. The smallest absolute Gasteiger partial charge is 0.0411 e. The Morgan fingerprint density at radius 3 is 2.27 bits per heavy atom. The van der Waals surface area contributed by atoms with Crippen LogP contribution in [0.5, 0.6) is 0 Å². The molecule has 1 nitrogen and oxygen atoms in total. The monoisotopic (exact) mass is 225 g/mol. The van der Waals surface area contributed by atoms with E-state index in [9.17, 15) is 0 Å². The van der Waals surface area contributed by atoms with Crippen molar-refractivity contribution in [2.24, 2.45) is 5.73 Å². The van der Waals surface area contributed by atoms with E-state index in [1.54, 1.807) is 0 Å². The Kier molecular flexibility index (Phi) is 4.62. The fourth-order valence-corrected chi connectivity index (χ4v) is 1.92. The quantitative estimate of drug-likeness (QED) is 0.826. The molecule has 0 aromatic heterocycles. The normalized spacial score (nSPS) is 13.2. The van der Waals surface area contributed by atoms with Gasteiger partial charge in [-0.25, -0.2) is 0 Å². The number of hydrogen-bond donors (Lipinski definition) is 1. The molecule has 0 fully saturated rings. The summed E-state index contributed by atoms with van der Waals surface area (Å²) in [5.74, 6) is 1.01. The van der Waals surface area contributed by atoms with Gasteiger partial charge in [0.05, 0.1) is 0 Å². The predicted molar refractivity (Wildman–Crippen MR) is 67.6 cm³/mol. The molecule has 0 saturated heterocycles. The van der Waals surface area contributed by atoms with Crippen LogP contribution < -0.4 is 5.73 Å². The molecule has 1 aromatic carbocycles. The molecule has 1 unspecified atom stereocenters. The number of halogens is 1. The predicted octanol–water partition coefficient (Wildman–Crippen LogP) is 3.92. The van der Waals surface area contributed by atoms with Crippen LogP contribution in [-0.2, 0) is 0 Å². The van der Waals surface area contributed by atoms with Crippen molar-refractivity contribution >= 4 is 11.6 Å². The van der Waals surface area contributed by atoms with Crippen molar-refractivity contribution in [3.8, 4) is 0 Å². The summed E-state index contributed by atoms with van der Waals surface area (Å²) < 4.78 is 0. The zero-order chi connectivity index (χ0) is 11.4. The van der Waals surface area contributed by atoms with Crippen LogP contribution in [0.15, 0.2) is 18.2 Å². The van der Waals surface area contributed by atoms with E-state index in [1.807, 2.05) is 12.1 Å². The highest BCUT2D eigenvalue weighted by Gasteiger charge is 2.08. The molecule has 84 valence electrons. The highest BCUT2D eigenvalue weighted by atomic mass is 35.5. The zero-order valence-corrected chi connectivity index (χ0v) is 10.5. The molecule has 0 aliphatic carbocycles. The second-order valence-corrected chi connectivity index (χ2v) is 4.89. The Balaban J connectivity index is 2.98. The lowest BCUT2D eigenvalue weighted by Crippen LogP contribution is -2.05. The molecule has 1 atom stereocenters. The summed E-state index contributed by atoms with van der Waals surface area (Å²) in [5.41, 5.74) is 8.18. The number of nitrogens with two attached hydrogens (primary N) is 1. The van der Waals surface area contributed by atoms with Gasteiger partial charge >= 0.3 is 0 Å². The van der Waals surface area contributed by atoms with E-state index in [0.29, 0.717) is 11.8 Å². The van der Waals surface area contributed by atoms with Crippen LogP contribution in [-0.4, -0.2) is 6.54 Å². The van der Waals surface area contributed by atoms with E-state index >= 15 is 0 Å². The Morgan fingerprint density at radius 1 is 1.13 bits per heavy atom. The maximum Gasteiger partial charge on any atom is 0.0411 e. The molecule has 0 aliphatic heterocycles. The van der Waals surface area contributed by atoms with Crippen LogP contribution >= 0.6 is 11.6 Å². The van der Waals surface area contributed by atoms with Crippen LogP contribution in [0.4, 0.5) is 0 Å². The number of benzene rings is 1. The van der Waals surface area contributed by atoms with E-state index in [-0.39, 0.29) is 0 Å². The van der Waals surface area contributed by atoms with E-state index < -0.39 is 0 Å². The standard InChI is InChI=1S/C13H20ClN/c1-9(2)11-6-12(8-13(14)7-11)10(3)4-5-15/h6-10H,4-5,15H2,1-3H3. The van der Waals surface area contributed by atoms with Gasteiger partial charge in [-0.2, -0.15) is 0 Å². The first kappa shape index (κ1) is 12.5. The molecule has 0 heterocycles. The van der Waals surface area contributed by atoms with Crippen LogP contribution in [0.25, 0.3) is 0 Å². The van der Waals surface area contributed by atoms with Crippen LogP contribution in [0.3, 0.4) is 0 Å². The third-order valence-electron chi connectivity index (χ3n) is 2.78. The van der Waals surface area contributed by atoms with E-state index in [4.69, 9.17) is 17.3 Å². The van der Waals surface area contributed by atoms with Crippen molar-refractivity contribution in [1.29, 1.82) is 0 Å². The minimum atomic E-state index is 0.492. The SMILES string of the molecule is CC(C)c1cc(Cl)cc(C(C)CCN)c1. The van der Waals surface area contributed by atoms with Gasteiger partial charge in [0.25, 0.3) is 0 Å². The molecular formula is C13H20ClN. The third-order valence-corrected chi connectivity index (χ3v) is 3.00. The van der Waals surface area contributed by atoms with Crippen LogP contribution in [0, 0.1) is 0 Å². The summed E-state index contributed by atoms with van der Waals surface area (Å²) in [6.07, 6.45) is 1.01. The molecule has 2 heteroatoms. The largest absolute Gasteiger partial charge is 0.330 e. The Bertz CT molecular complexity index is 320. The van der Waals surface area contributed by atoms with Crippen molar-refractivity contribution < 1.29 is 0 Å². The Morgan fingerprint density at radius 2 is 1.73 bits per heavy atom. The minimum Gasteiger partial charge on any atom is -0.330 e. The van der Waals surface area contributed by atoms with Gasteiger partial charge in [-0.1, -0.05) is 38.4 Å². The van der Waals surface area contributed by atoms with E-state index in [1.165, 1.54) is 11.1 Å². The second kappa shape index (κ2) is 5.53. The van der Waals surface area contributed by atoms with Crippen LogP contribution in [0.1, 0.15) is 50.2 Å². The van der Waals surface area contributed by atoms with Gasteiger partial charge in [-0.15, -0.1) is 0 Å². The highest BCUT2D eigenvalue weighted by Crippen LogP contribution is 2.27. The van der Waals surface area contributed by atoms with Gasteiger partial charge in [0.15, 0.2) is 0 Å². The fraction of sp³-hybridized carbons (Fsp3) is 0.538. The summed E-state index contributed by atoms with van der Waals surface area (Å²) in [6, 6.07) is 6.34. The lowest BCUT2D eigenvalue weighted by atomic mass is 9.93. The van der Waals surface area contributed by atoms with Crippen molar-refractivity contribution in [2.45, 2.75) is 39.0 Å². The molecule has 0 aliphatic rings. The molecular weight excluding hydrogens is 206 g/mol. The number of rotatable bonds is 4. The molecule has 0 saturated carbocycles. The van der Waals surface area contributed by atoms with Crippen molar-refractivity contribution in [1.82, 2.24) is 0 Å². The van der Waals surface area contributed by atoms with Gasteiger partial charge in [0.1, 0.15) is 0 Å². The minimum absolute atomic E-state index is 0.492. The molecule has 2 N–H and O–H groups in total. The average Bonchev–Trinajstić information content (AvgIpc) is 2.17. The lowest BCUT2D eigenvalue weighted by Gasteiger charge is -2.14. The first-order valence-electron chi connectivity index (χ1n) is 5.55. The van der Waals surface area contributed by atoms with Gasteiger partial charge in [0.2, 0.25) is 0 Å². The maximum absolute atomic E-state index is 6.11. The summed E-state index contributed by atoms with van der Waals surface area (Å²) in [7, 11) is 0. The van der Waals surface area contributed by atoms with Gasteiger partial charge in [-0.3, -0.25) is 0 Å². The molecule has 1 aromatic rings. The molecule has 1 rings (SSSR count). The third kappa shape index (κ3) is 3.51. The summed E-state index contributed by atoms with van der Waals surface area (Å²) in [4.78, 5) is 0. The van der Waals surface area contributed by atoms with Crippen LogP contribution in [0.2, 0.25) is 5.02 Å². The average molecular weight is 226 g/mol. The first-order chi connectivity index (χ1) is 7.04. The molecule has 15 heavy (non-hydrogen) atoms. The topological polar surface area (TPSA) is 26.0 Å². The zero-order valence-electron chi connectivity index (χ0n) is 9.76. The Hall–Kier alpha value is -0.530. The Labute approximate surface area is 97.6 Å². The van der Waals surface area contributed by atoms with Gasteiger partial charge < -0.3 is 5.73 Å². The fourth-order valence-electron chi connectivity index (χ4n) is 1.67. The van der Waals surface area contributed by atoms with Gasteiger partial charge in [-0.05, 0) is 48.1 Å². The summed E-state index contributed by atoms with van der Waals surface area (Å²) in [5, 5.41) is 0.833. The summed E-state index contributed by atoms with van der Waals surface area (Å²) >= 11 is 6.11. The van der Waals surface area contributed by atoms with E-state index in [0.717, 1.165) is 18.0 Å². The van der Waals surface area contributed by atoms with Crippen molar-refractivity contribution in [2.75, 3.05) is 6.54 Å². The molecule has 0 radical (unpaired) electrons. The molecule has 0 amide bonds. The first-order valence-corrected chi connectivity index (χ1v) is 5.92. The summed E-state index contributed by atoms with van der Waals surface area (Å²) in [6.45, 7) is 7.29. The lowest BCUT2D eigenvalue weighted by molar-refractivity contribution is 0.687. The van der Waals surface area contributed by atoms with E-state index in [2.05, 4.69) is 26.8 Å². The number of hydrogen-bond acceptors (Lipinski definition) is 1. The van der Waals surface area contributed by atoms with Gasteiger partial charge in [0, 0.05) is 5.02 Å². The van der Waals surface area contributed by atoms with Crippen molar-refractivity contribution in [3.05, 3.63) is 34.3 Å². The maximum atomic E-state index is 6.11. The molecule has 0 spiro atoms. The molecule has 0 bridgehead atoms. The van der Waals surface area contributed by atoms with Crippen molar-refractivity contribution in [3.63, 3.8) is 0 Å².